The third-order valence-corrected chi connectivity index (χ3v) is 8.87. The van der Waals surface area contributed by atoms with Gasteiger partial charge < -0.3 is 24.6 Å². The van der Waals surface area contributed by atoms with E-state index in [4.69, 9.17) is 9.47 Å². The first kappa shape index (κ1) is 29.2. The molecule has 1 saturated heterocycles. The maximum absolute atomic E-state index is 11.4. The summed E-state index contributed by atoms with van der Waals surface area (Å²) in [5, 5.41) is 21.4. The Morgan fingerprint density at radius 2 is 1.92 bits per heavy atom. The molecular weight excluding hydrogens is 512 g/mol. The Hall–Kier alpha value is -2.81. The van der Waals surface area contributed by atoms with Crippen molar-refractivity contribution >= 4 is 28.6 Å². The van der Waals surface area contributed by atoms with Gasteiger partial charge in [0.15, 0.2) is 0 Å². The molecule has 1 fully saturated rings. The van der Waals surface area contributed by atoms with Gasteiger partial charge in [0.25, 0.3) is 0 Å². The molecule has 39 heavy (non-hydrogen) atoms. The van der Waals surface area contributed by atoms with Gasteiger partial charge in [-0.1, -0.05) is 6.07 Å². The van der Waals surface area contributed by atoms with Crippen molar-refractivity contribution in [3.63, 3.8) is 0 Å². The number of thioether (sulfide) groups is 1. The van der Waals surface area contributed by atoms with Crippen molar-refractivity contribution in [1.29, 1.82) is 0 Å². The van der Waals surface area contributed by atoms with E-state index in [1.807, 2.05) is 48.2 Å². The van der Waals surface area contributed by atoms with E-state index in [-0.39, 0.29) is 6.42 Å². The summed E-state index contributed by atoms with van der Waals surface area (Å²) < 4.78 is 10.7. The fourth-order valence-electron chi connectivity index (χ4n) is 5.64. The number of ether oxygens (including phenoxy) is 2. The first-order valence-electron chi connectivity index (χ1n) is 13.8. The van der Waals surface area contributed by atoms with Crippen molar-refractivity contribution < 1.29 is 24.5 Å². The van der Waals surface area contributed by atoms with Gasteiger partial charge >= 0.3 is 5.97 Å². The van der Waals surface area contributed by atoms with Crippen LogP contribution in [0.5, 0.6) is 11.5 Å². The van der Waals surface area contributed by atoms with Gasteiger partial charge in [0.1, 0.15) is 11.5 Å². The van der Waals surface area contributed by atoms with E-state index in [0.717, 1.165) is 72.6 Å². The largest absolute Gasteiger partial charge is 0.497 e. The third-order valence-electron chi connectivity index (χ3n) is 7.79. The van der Waals surface area contributed by atoms with Crippen LogP contribution in [-0.2, 0) is 4.79 Å². The van der Waals surface area contributed by atoms with Crippen LogP contribution < -0.4 is 9.47 Å². The number of fused-ring (bicyclic) bond motifs is 1. The summed E-state index contributed by atoms with van der Waals surface area (Å²) >= 11 is 1.84. The Balaban J connectivity index is 1.31. The Morgan fingerprint density at radius 3 is 2.72 bits per heavy atom. The molecule has 1 aliphatic rings. The Labute approximate surface area is 235 Å². The highest BCUT2D eigenvalue weighted by Crippen LogP contribution is 2.35. The number of carbonyl (C=O) groups is 1. The number of aliphatic carboxylic acids is 1. The quantitative estimate of drug-likeness (QED) is 0.184. The van der Waals surface area contributed by atoms with Crippen LogP contribution in [0.3, 0.4) is 0 Å². The van der Waals surface area contributed by atoms with Crippen LogP contribution in [-0.4, -0.2) is 65.7 Å². The number of nitrogens with zero attached hydrogens (tertiary/aromatic N) is 2. The summed E-state index contributed by atoms with van der Waals surface area (Å²) in [4.78, 5) is 19.5. The lowest BCUT2D eigenvalue weighted by atomic mass is 9.79. The fourth-order valence-corrected chi connectivity index (χ4v) is 6.52. The van der Waals surface area contributed by atoms with Crippen LogP contribution in [0.15, 0.2) is 59.6 Å². The predicted molar refractivity (Wildman–Crippen MR) is 156 cm³/mol. The SMILES string of the molecule is COc1cccc(SCCCN2CCC(CC[C@H](O)c3ccnc4ccc(OC)cc34)C(CCC(=O)O)C2)c1. The molecule has 2 heterocycles. The van der Waals surface area contributed by atoms with E-state index in [2.05, 4.69) is 22.0 Å². The summed E-state index contributed by atoms with van der Waals surface area (Å²) in [6, 6.07) is 15.8. The van der Waals surface area contributed by atoms with Crippen LogP contribution in [0.25, 0.3) is 10.9 Å². The average molecular weight is 553 g/mol. The maximum Gasteiger partial charge on any atom is 0.303 e. The highest BCUT2D eigenvalue weighted by atomic mass is 32.2. The molecule has 4 rings (SSSR count). The van der Waals surface area contributed by atoms with Crippen LogP contribution >= 0.6 is 11.8 Å². The lowest BCUT2D eigenvalue weighted by Crippen LogP contribution is -2.41. The van der Waals surface area contributed by atoms with E-state index in [1.165, 1.54) is 4.90 Å². The highest BCUT2D eigenvalue weighted by Gasteiger charge is 2.30. The number of piperidine rings is 1. The van der Waals surface area contributed by atoms with Gasteiger partial charge in [-0.15, -0.1) is 11.8 Å². The molecule has 0 aliphatic carbocycles. The molecule has 8 heteroatoms. The minimum atomic E-state index is -0.738. The molecule has 0 spiro atoms. The molecule has 3 atom stereocenters. The number of aliphatic hydroxyl groups is 1. The molecule has 2 unspecified atom stereocenters. The van der Waals surface area contributed by atoms with Crippen molar-refractivity contribution in [2.45, 2.75) is 49.5 Å². The molecule has 0 saturated carbocycles. The van der Waals surface area contributed by atoms with E-state index in [0.29, 0.717) is 24.7 Å². The zero-order valence-electron chi connectivity index (χ0n) is 22.9. The zero-order chi connectivity index (χ0) is 27.6. The Bertz CT molecular complexity index is 1220. The first-order chi connectivity index (χ1) is 19.0. The molecule has 7 nitrogen and oxygen atoms in total. The van der Waals surface area contributed by atoms with Crippen LogP contribution in [0.1, 0.15) is 50.2 Å². The smallest absolute Gasteiger partial charge is 0.303 e. The van der Waals surface area contributed by atoms with Crippen LogP contribution in [0.2, 0.25) is 0 Å². The molecule has 1 aromatic heterocycles. The van der Waals surface area contributed by atoms with Crippen molar-refractivity contribution in [2.75, 3.05) is 39.6 Å². The van der Waals surface area contributed by atoms with Gasteiger partial charge in [-0.2, -0.15) is 0 Å². The van der Waals surface area contributed by atoms with E-state index < -0.39 is 12.1 Å². The molecule has 0 radical (unpaired) electrons. The number of methoxy groups -OCH3 is 2. The number of aromatic nitrogens is 1. The first-order valence-corrected chi connectivity index (χ1v) is 14.8. The van der Waals surface area contributed by atoms with E-state index in [1.54, 1.807) is 20.4 Å². The van der Waals surface area contributed by atoms with E-state index in [9.17, 15) is 15.0 Å². The second-order valence-electron chi connectivity index (χ2n) is 10.3. The number of rotatable bonds is 14. The van der Waals surface area contributed by atoms with E-state index >= 15 is 0 Å². The molecule has 210 valence electrons. The number of carboxylic acids is 1. The number of carboxylic acid groups (broad SMARTS) is 1. The third kappa shape index (κ3) is 8.34. The Morgan fingerprint density at radius 1 is 1.10 bits per heavy atom. The maximum atomic E-state index is 11.4. The monoisotopic (exact) mass is 552 g/mol. The number of pyridine rings is 1. The molecule has 3 aromatic rings. The second-order valence-corrected chi connectivity index (χ2v) is 11.5. The van der Waals surface area contributed by atoms with Gasteiger partial charge in [0.05, 0.1) is 25.8 Å². The van der Waals surface area contributed by atoms with Crippen molar-refractivity contribution in [1.82, 2.24) is 9.88 Å². The van der Waals surface area contributed by atoms with Gasteiger partial charge in [0.2, 0.25) is 0 Å². The van der Waals surface area contributed by atoms with Crippen LogP contribution in [0.4, 0.5) is 0 Å². The topological polar surface area (TPSA) is 92.1 Å². The molecular formula is C31H40N2O5S. The fraction of sp³-hybridized carbons (Fsp3) is 0.484. The number of likely N-dealkylation sites (tertiary alicyclic amines) is 1. The van der Waals surface area contributed by atoms with Crippen molar-refractivity contribution in [3.05, 3.63) is 60.3 Å². The van der Waals surface area contributed by atoms with Gasteiger partial charge in [0, 0.05) is 29.4 Å². The summed E-state index contributed by atoms with van der Waals surface area (Å²) in [5.74, 6) is 2.64. The van der Waals surface area contributed by atoms with Crippen LogP contribution in [0, 0.1) is 11.8 Å². The molecule has 2 N–H and O–H groups in total. The highest BCUT2D eigenvalue weighted by molar-refractivity contribution is 7.99. The number of hydrogen-bond donors (Lipinski definition) is 2. The minimum absolute atomic E-state index is 0.192. The number of aliphatic hydroxyl groups excluding tert-OH is 1. The van der Waals surface area contributed by atoms with Gasteiger partial charge in [-0.25, -0.2) is 0 Å². The zero-order valence-corrected chi connectivity index (χ0v) is 23.7. The predicted octanol–water partition coefficient (Wildman–Crippen LogP) is 6.05. The molecule has 1 aliphatic heterocycles. The summed E-state index contributed by atoms with van der Waals surface area (Å²) in [7, 11) is 3.32. The lowest BCUT2D eigenvalue weighted by Gasteiger charge is -2.39. The van der Waals surface area contributed by atoms with Gasteiger partial charge in [-0.3, -0.25) is 9.78 Å². The van der Waals surface area contributed by atoms with Gasteiger partial charge in [-0.05, 0) is 111 Å². The number of hydrogen-bond acceptors (Lipinski definition) is 7. The molecule has 0 amide bonds. The normalized spacial score (nSPS) is 18.6. The second kappa shape index (κ2) is 14.5. The standard InChI is InChI=1S/C31H40N2O5S/c1-37-24-5-3-6-26(19-24)39-18-4-16-33-17-14-22(23(21-33)8-12-31(35)36)7-11-30(34)27-13-15-32-29-10-9-25(38-2)20-28(27)29/h3,5-6,9-10,13,15,19-20,22-23,30,34H,4,7-8,11-12,14,16-18,21H2,1-2H3,(H,35,36)/t22?,23?,30-/m0/s1. The molecule has 0 bridgehead atoms. The Kier molecular flexibility index (Phi) is 10.9. The average Bonchev–Trinajstić information content (AvgIpc) is 2.96. The van der Waals surface area contributed by atoms with Crippen molar-refractivity contribution in [2.24, 2.45) is 11.8 Å². The summed E-state index contributed by atoms with van der Waals surface area (Å²) in [6.07, 6.45) is 5.64. The number of benzene rings is 2. The van der Waals surface area contributed by atoms with Crippen molar-refractivity contribution in [3.8, 4) is 11.5 Å². The molecule has 2 aromatic carbocycles. The summed E-state index contributed by atoms with van der Waals surface area (Å²) in [6.45, 7) is 2.96. The minimum Gasteiger partial charge on any atom is -0.497 e. The lowest BCUT2D eigenvalue weighted by molar-refractivity contribution is -0.137. The summed E-state index contributed by atoms with van der Waals surface area (Å²) in [5.41, 5.74) is 1.71.